The summed E-state index contributed by atoms with van der Waals surface area (Å²) in [4.78, 5) is 55.4. The van der Waals surface area contributed by atoms with Crippen LogP contribution in [0.5, 0.6) is 5.75 Å². The van der Waals surface area contributed by atoms with Gasteiger partial charge in [0.15, 0.2) is 5.82 Å². The summed E-state index contributed by atoms with van der Waals surface area (Å²) in [6.07, 6.45) is -0.227. The van der Waals surface area contributed by atoms with Crippen LogP contribution < -0.4 is 15.3 Å². The lowest BCUT2D eigenvalue weighted by atomic mass is 9.63. The van der Waals surface area contributed by atoms with Gasteiger partial charge in [-0.2, -0.15) is 0 Å². The number of nitrogens with zero attached hydrogens (tertiary/aromatic N) is 4. The highest BCUT2D eigenvalue weighted by Gasteiger charge is 2.63. The van der Waals surface area contributed by atoms with Crippen molar-refractivity contribution in [2.75, 3.05) is 25.1 Å². The van der Waals surface area contributed by atoms with Gasteiger partial charge in [-0.25, -0.2) is 18.0 Å². The molecule has 262 valence electrons. The van der Waals surface area contributed by atoms with Gasteiger partial charge in [0.2, 0.25) is 5.91 Å². The number of ether oxygens (including phenoxy) is 2. The third-order valence-corrected chi connectivity index (χ3v) is 10.6. The number of carbonyl (C=O) groups excluding carboxylic acids is 3. The van der Waals surface area contributed by atoms with Crippen LogP contribution in [0, 0.1) is 17.2 Å². The van der Waals surface area contributed by atoms with Crippen molar-refractivity contribution in [1.82, 2.24) is 14.0 Å². The lowest BCUT2D eigenvalue weighted by molar-refractivity contribution is -0.188. The summed E-state index contributed by atoms with van der Waals surface area (Å²) in [6, 6.07) is 17.9. The Bertz CT molecular complexity index is 2020. The van der Waals surface area contributed by atoms with Crippen LogP contribution >= 0.6 is 0 Å². The molecule has 0 radical (unpaired) electrons. The van der Waals surface area contributed by atoms with Gasteiger partial charge < -0.3 is 14.4 Å². The van der Waals surface area contributed by atoms with E-state index in [2.05, 4.69) is 0 Å². The van der Waals surface area contributed by atoms with Crippen molar-refractivity contribution in [3.8, 4) is 5.75 Å². The Morgan fingerprint density at radius 2 is 1.66 bits per heavy atom. The quantitative estimate of drug-likeness (QED) is 0.181. The average Bonchev–Trinajstić information content (AvgIpc) is 3.34. The van der Waals surface area contributed by atoms with Crippen LogP contribution in [0.15, 0.2) is 71.5 Å². The summed E-state index contributed by atoms with van der Waals surface area (Å²) in [6.45, 7) is -0.215. The summed E-state index contributed by atoms with van der Waals surface area (Å²) in [5.74, 6) is -5.82. The molecule has 2 unspecified atom stereocenters. The first-order valence-electron chi connectivity index (χ1n) is 16.6. The predicted molar refractivity (Wildman–Crippen MR) is 177 cm³/mol. The lowest BCUT2D eigenvalue weighted by Gasteiger charge is -2.57. The molecule has 1 spiro atoms. The van der Waals surface area contributed by atoms with Gasteiger partial charge in [-0.15, -0.1) is 0 Å². The van der Waals surface area contributed by atoms with Gasteiger partial charge in [-0.3, -0.25) is 28.4 Å². The molecule has 0 N–H and O–H groups in total. The maximum absolute atomic E-state index is 16.3. The number of halogens is 3. The largest absolute Gasteiger partial charge is 0.497 e. The van der Waals surface area contributed by atoms with Crippen molar-refractivity contribution in [2.45, 2.75) is 57.2 Å². The number of rotatable bonds is 8. The first-order valence-corrected chi connectivity index (χ1v) is 16.6. The molecule has 2 atom stereocenters. The summed E-state index contributed by atoms with van der Waals surface area (Å²) in [5, 5.41) is 0. The third kappa shape index (κ3) is 5.62. The van der Waals surface area contributed by atoms with E-state index in [4.69, 9.17) is 9.47 Å². The Labute approximate surface area is 286 Å². The molecule has 0 bridgehead atoms. The topological polar surface area (TPSA) is 103 Å². The molecule has 2 aliphatic heterocycles. The van der Waals surface area contributed by atoms with E-state index >= 15 is 13.2 Å². The second kappa shape index (κ2) is 12.7. The van der Waals surface area contributed by atoms with Crippen LogP contribution in [-0.4, -0.2) is 57.9 Å². The summed E-state index contributed by atoms with van der Waals surface area (Å²) in [5.41, 5.74) is -0.393. The number of imide groups is 1. The number of imidazole rings is 1. The Hall–Kier alpha value is -5.07. The second-order valence-corrected chi connectivity index (χ2v) is 13.6. The van der Waals surface area contributed by atoms with Crippen LogP contribution in [0.25, 0.3) is 11.0 Å². The zero-order valence-electron chi connectivity index (χ0n) is 27.7. The fourth-order valence-corrected chi connectivity index (χ4v) is 7.66. The number of aryl methyl sites for hydroxylation is 1. The van der Waals surface area contributed by atoms with Gasteiger partial charge in [-0.1, -0.05) is 42.5 Å². The molecular formula is C37H37F3N4O6. The van der Waals surface area contributed by atoms with E-state index in [1.807, 2.05) is 6.07 Å². The van der Waals surface area contributed by atoms with Gasteiger partial charge >= 0.3 is 11.7 Å². The number of likely N-dealkylation sites (tertiary alicyclic amines) is 1. The number of methoxy groups -OCH3 is 1. The van der Waals surface area contributed by atoms with Gasteiger partial charge in [0, 0.05) is 33.0 Å². The van der Waals surface area contributed by atoms with E-state index in [9.17, 15) is 19.2 Å². The lowest BCUT2D eigenvalue weighted by Crippen LogP contribution is -2.67. The van der Waals surface area contributed by atoms with Crippen molar-refractivity contribution in [3.63, 3.8) is 0 Å². The Balaban J connectivity index is 1.07. The number of hydrogen-bond acceptors (Lipinski definition) is 7. The fourth-order valence-electron chi connectivity index (χ4n) is 7.66. The summed E-state index contributed by atoms with van der Waals surface area (Å²) < 4.78 is 60.5. The first kappa shape index (κ1) is 33.4. The fraction of sp³-hybridized carbons (Fsp3) is 0.405. The minimum absolute atomic E-state index is 0.00709. The van der Waals surface area contributed by atoms with Gasteiger partial charge in [0.05, 0.1) is 36.2 Å². The second-order valence-electron chi connectivity index (χ2n) is 13.6. The molecule has 3 aromatic carbocycles. The highest BCUT2D eigenvalue weighted by molar-refractivity contribution is 6.00. The molecule has 7 rings (SSSR count). The highest BCUT2D eigenvalue weighted by atomic mass is 19.3. The number of fused-ring (bicyclic) bond motifs is 1. The number of carbonyl (C=O) groups is 3. The van der Waals surface area contributed by atoms with Crippen LogP contribution in [0.4, 0.5) is 18.9 Å². The van der Waals surface area contributed by atoms with Crippen LogP contribution in [0.3, 0.4) is 0 Å². The SMILES string of the molecule is COc1ccc(CN2C(=O)CCC(n3c(=O)n(C)c4c(F)c(N5CC6(CCC(C(=O)OCc7ccccc7)CC6(F)F)C5)ccc43)C2=O)cc1. The van der Waals surface area contributed by atoms with Crippen LogP contribution in [0.1, 0.15) is 49.3 Å². The molecular weight excluding hydrogens is 653 g/mol. The first-order chi connectivity index (χ1) is 23.9. The molecule has 4 aromatic rings. The Kier molecular flexibility index (Phi) is 8.47. The minimum atomic E-state index is -3.18. The van der Waals surface area contributed by atoms with E-state index < -0.39 is 53.1 Å². The Morgan fingerprint density at radius 3 is 2.34 bits per heavy atom. The van der Waals surface area contributed by atoms with Crippen LogP contribution in [0.2, 0.25) is 0 Å². The molecule has 3 aliphatic rings. The summed E-state index contributed by atoms with van der Waals surface area (Å²) in [7, 11) is 2.93. The number of piperidine rings is 1. The smallest absolute Gasteiger partial charge is 0.329 e. The molecule has 3 heterocycles. The van der Waals surface area contributed by atoms with Gasteiger partial charge in [0.1, 0.15) is 23.9 Å². The standard InChI is InChI=1S/C37H37F3N4O6/c1-41-32-28(44(35(41)48)29-14-15-30(45)43(33(29)46)19-23-8-10-26(49-2)11-9-23)13-12-27(31(32)38)42-21-36(22-42)17-16-25(18-37(36,39)40)34(47)50-20-24-6-4-3-5-7-24/h3-13,25,29H,14-22H2,1-2H3. The maximum atomic E-state index is 16.3. The highest BCUT2D eigenvalue weighted by Crippen LogP contribution is 2.56. The minimum Gasteiger partial charge on any atom is -0.497 e. The molecule has 1 saturated carbocycles. The zero-order chi connectivity index (χ0) is 35.4. The van der Waals surface area contributed by atoms with Crippen molar-refractivity contribution in [1.29, 1.82) is 0 Å². The molecule has 1 aromatic heterocycles. The van der Waals surface area contributed by atoms with Crippen molar-refractivity contribution >= 4 is 34.5 Å². The van der Waals surface area contributed by atoms with Gasteiger partial charge in [-0.05, 0) is 54.7 Å². The number of alkyl halides is 2. The molecule has 50 heavy (non-hydrogen) atoms. The van der Waals surface area contributed by atoms with Gasteiger partial charge in [0.25, 0.3) is 11.8 Å². The van der Waals surface area contributed by atoms with E-state index in [0.717, 1.165) is 15.0 Å². The number of aromatic nitrogens is 2. The maximum Gasteiger partial charge on any atom is 0.329 e. The van der Waals surface area contributed by atoms with Crippen molar-refractivity contribution in [2.24, 2.45) is 18.4 Å². The van der Waals surface area contributed by atoms with E-state index in [-0.39, 0.29) is 74.6 Å². The molecule has 2 amide bonds. The zero-order valence-corrected chi connectivity index (χ0v) is 27.7. The van der Waals surface area contributed by atoms with Crippen molar-refractivity contribution < 1.29 is 37.0 Å². The number of hydrogen-bond donors (Lipinski definition) is 0. The molecule has 2 saturated heterocycles. The van der Waals surface area contributed by atoms with E-state index in [1.165, 1.54) is 35.8 Å². The molecule has 1 aliphatic carbocycles. The van der Waals surface area contributed by atoms with Crippen molar-refractivity contribution in [3.05, 3.63) is 94.2 Å². The van der Waals surface area contributed by atoms with Crippen LogP contribution in [-0.2, 0) is 39.3 Å². The monoisotopic (exact) mass is 690 g/mol. The van der Waals surface area contributed by atoms with E-state index in [0.29, 0.717) is 11.3 Å². The molecule has 3 fully saturated rings. The van der Waals surface area contributed by atoms with E-state index in [1.54, 1.807) is 48.5 Å². The molecule has 10 nitrogen and oxygen atoms in total. The molecule has 13 heteroatoms. The third-order valence-electron chi connectivity index (χ3n) is 10.6. The Morgan fingerprint density at radius 1 is 0.940 bits per heavy atom. The number of esters is 1. The summed E-state index contributed by atoms with van der Waals surface area (Å²) >= 11 is 0. The number of benzene rings is 3. The number of amides is 2. The normalized spacial score (nSPS) is 21.4. The average molecular weight is 691 g/mol. The predicted octanol–water partition coefficient (Wildman–Crippen LogP) is 5.36. The number of anilines is 1.